The number of nitrogens with one attached hydrogen (secondary N) is 1. The molecule has 0 atom stereocenters. The van der Waals surface area contributed by atoms with E-state index in [2.05, 4.69) is 5.32 Å². The van der Waals surface area contributed by atoms with Crippen LogP contribution in [0.15, 0.2) is 0 Å². The zero-order valence-corrected chi connectivity index (χ0v) is 6.67. The highest BCUT2D eigenvalue weighted by Crippen LogP contribution is 2.31. The third-order valence-electron chi connectivity index (χ3n) is 1.87. The molecule has 0 aliphatic heterocycles. The second kappa shape index (κ2) is 3.10. The molecule has 4 N–H and O–H groups in total. The molecule has 0 aromatic carbocycles. The Morgan fingerprint density at radius 1 is 1.50 bits per heavy atom. The molecule has 0 radical (unpaired) electrons. The van der Waals surface area contributed by atoms with Crippen LogP contribution >= 0.6 is 0 Å². The van der Waals surface area contributed by atoms with Gasteiger partial charge in [0.05, 0.1) is 12.0 Å². The van der Waals surface area contributed by atoms with E-state index in [1.165, 1.54) is 0 Å². The Morgan fingerprint density at radius 2 is 2.08 bits per heavy atom. The highest BCUT2D eigenvalue weighted by Gasteiger charge is 2.45. The number of carboxylic acids is 1. The number of nitrogens with two attached hydrogens (primary N) is 1. The topological polar surface area (TPSA) is 92.4 Å². The second-order valence-corrected chi connectivity index (χ2v) is 3.06. The fourth-order valence-electron chi connectivity index (χ4n) is 0.821. The van der Waals surface area contributed by atoms with Crippen molar-refractivity contribution < 1.29 is 14.7 Å². The van der Waals surface area contributed by atoms with E-state index in [4.69, 9.17) is 10.8 Å². The van der Waals surface area contributed by atoms with E-state index in [9.17, 15) is 9.59 Å². The third kappa shape index (κ3) is 2.20. The van der Waals surface area contributed by atoms with Gasteiger partial charge in [-0.05, 0) is 12.8 Å². The van der Waals surface area contributed by atoms with Gasteiger partial charge in [-0.15, -0.1) is 0 Å². The maximum absolute atomic E-state index is 11.1. The molecule has 1 amide bonds. The Labute approximate surface area is 69.9 Å². The smallest absolute Gasteiger partial charge is 0.305 e. The Kier molecular flexibility index (Phi) is 2.32. The molecule has 12 heavy (non-hydrogen) atoms. The molecule has 0 unspecified atom stereocenters. The van der Waals surface area contributed by atoms with Gasteiger partial charge < -0.3 is 16.2 Å². The van der Waals surface area contributed by atoms with Gasteiger partial charge in [-0.3, -0.25) is 9.59 Å². The molecule has 0 aromatic heterocycles. The number of carbonyl (C=O) groups is 2. The van der Waals surface area contributed by atoms with E-state index in [1.54, 1.807) is 0 Å². The van der Waals surface area contributed by atoms with Crippen LogP contribution in [0.4, 0.5) is 0 Å². The SMILES string of the molecule is NC1(C(=O)NCCC(=O)O)CC1. The summed E-state index contributed by atoms with van der Waals surface area (Å²) in [6.45, 7) is 0.160. The summed E-state index contributed by atoms with van der Waals surface area (Å²) in [4.78, 5) is 21.1. The van der Waals surface area contributed by atoms with Crippen molar-refractivity contribution in [3.8, 4) is 0 Å². The predicted molar refractivity (Wildman–Crippen MR) is 41.4 cm³/mol. The number of carboxylic acid groups (broad SMARTS) is 1. The van der Waals surface area contributed by atoms with Crippen LogP contribution in [0.1, 0.15) is 19.3 Å². The number of aliphatic carboxylic acids is 1. The van der Waals surface area contributed by atoms with Crippen molar-refractivity contribution in [3.63, 3.8) is 0 Å². The highest BCUT2D eigenvalue weighted by atomic mass is 16.4. The average Bonchev–Trinajstić information content (AvgIpc) is 2.68. The maximum Gasteiger partial charge on any atom is 0.305 e. The number of carbonyl (C=O) groups excluding carboxylic acids is 1. The molecule has 0 bridgehead atoms. The summed E-state index contributed by atoms with van der Waals surface area (Å²) in [6.07, 6.45) is 1.35. The molecule has 5 nitrogen and oxygen atoms in total. The van der Waals surface area contributed by atoms with E-state index in [-0.39, 0.29) is 18.9 Å². The summed E-state index contributed by atoms with van der Waals surface area (Å²) in [5.74, 6) is -1.15. The molecule has 5 heteroatoms. The lowest BCUT2D eigenvalue weighted by atomic mass is 10.2. The Balaban J connectivity index is 2.15. The summed E-state index contributed by atoms with van der Waals surface area (Å²) in [6, 6.07) is 0. The molecular weight excluding hydrogens is 160 g/mol. The van der Waals surface area contributed by atoms with Gasteiger partial charge >= 0.3 is 5.97 Å². The van der Waals surface area contributed by atoms with Crippen LogP contribution < -0.4 is 11.1 Å². The summed E-state index contributed by atoms with van der Waals surface area (Å²) in [7, 11) is 0. The third-order valence-corrected chi connectivity index (χ3v) is 1.87. The Hall–Kier alpha value is -1.10. The minimum Gasteiger partial charge on any atom is -0.481 e. The van der Waals surface area contributed by atoms with Gasteiger partial charge in [0.25, 0.3) is 0 Å². The largest absolute Gasteiger partial charge is 0.481 e. The van der Waals surface area contributed by atoms with Gasteiger partial charge in [-0.2, -0.15) is 0 Å². The molecule has 1 saturated carbocycles. The molecule has 0 aromatic rings. The summed E-state index contributed by atoms with van der Waals surface area (Å²) >= 11 is 0. The summed E-state index contributed by atoms with van der Waals surface area (Å²) < 4.78 is 0. The standard InChI is InChI=1S/C7H12N2O3/c8-7(2-3-7)6(12)9-4-1-5(10)11/h1-4,8H2,(H,9,12)(H,10,11). The minimum atomic E-state index is -0.919. The van der Waals surface area contributed by atoms with Crippen molar-refractivity contribution in [1.82, 2.24) is 5.32 Å². The van der Waals surface area contributed by atoms with Crippen LogP contribution in [0.3, 0.4) is 0 Å². The first-order valence-electron chi connectivity index (χ1n) is 3.83. The zero-order valence-electron chi connectivity index (χ0n) is 6.67. The molecular formula is C7H12N2O3. The second-order valence-electron chi connectivity index (χ2n) is 3.06. The molecule has 1 rings (SSSR count). The van der Waals surface area contributed by atoms with Crippen molar-refractivity contribution in [1.29, 1.82) is 0 Å². The molecule has 68 valence electrons. The quantitative estimate of drug-likeness (QED) is 0.510. The lowest BCUT2D eigenvalue weighted by molar-refractivity contribution is -0.137. The number of amides is 1. The molecule has 1 fully saturated rings. The fourth-order valence-corrected chi connectivity index (χ4v) is 0.821. The van der Waals surface area contributed by atoms with Crippen LogP contribution in [-0.4, -0.2) is 29.1 Å². The lowest BCUT2D eigenvalue weighted by Crippen LogP contribution is -2.43. The van der Waals surface area contributed by atoms with Crippen molar-refractivity contribution >= 4 is 11.9 Å². The van der Waals surface area contributed by atoms with E-state index < -0.39 is 11.5 Å². The lowest BCUT2D eigenvalue weighted by Gasteiger charge is -2.07. The van der Waals surface area contributed by atoms with Crippen LogP contribution in [0.25, 0.3) is 0 Å². The van der Waals surface area contributed by atoms with E-state index in [0.717, 1.165) is 0 Å². The van der Waals surface area contributed by atoms with Crippen molar-refractivity contribution in [2.75, 3.05) is 6.54 Å². The van der Waals surface area contributed by atoms with Crippen molar-refractivity contribution in [2.24, 2.45) is 5.73 Å². The van der Waals surface area contributed by atoms with Crippen LogP contribution in [0.2, 0.25) is 0 Å². The Morgan fingerprint density at radius 3 is 2.50 bits per heavy atom. The first-order valence-corrected chi connectivity index (χ1v) is 3.83. The van der Waals surface area contributed by atoms with Crippen LogP contribution in [-0.2, 0) is 9.59 Å². The molecule has 1 aliphatic carbocycles. The molecule has 0 heterocycles. The molecule has 0 saturated heterocycles. The van der Waals surface area contributed by atoms with Gasteiger partial charge in [-0.25, -0.2) is 0 Å². The van der Waals surface area contributed by atoms with Gasteiger partial charge in [0.15, 0.2) is 0 Å². The van der Waals surface area contributed by atoms with Gasteiger partial charge in [-0.1, -0.05) is 0 Å². The van der Waals surface area contributed by atoms with E-state index in [1.807, 2.05) is 0 Å². The summed E-state index contributed by atoms with van der Waals surface area (Å²) in [5.41, 5.74) is 4.85. The average molecular weight is 172 g/mol. The fraction of sp³-hybridized carbons (Fsp3) is 0.714. The molecule has 0 spiro atoms. The van der Waals surface area contributed by atoms with Gasteiger partial charge in [0.2, 0.25) is 5.91 Å². The first kappa shape index (κ1) is 8.99. The first-order chi connectivity index (χ1) is 5.54. The molecule has 1 aliphatic rings. The summed E-state index contributed by atoms with van der Waals surface area (Å²) in [5, 5.41) is 10.7. The van der Waals surface area contributed by atoms with Gasteiger partial charge in [0, 0.05) is 6.54 Å². The number of hydrogen-bond acceptors (Lipinski definition) is 3. The highest BCUT2D eigenvalue weighted by molar-refractivity contribution is 5.89. The minimum absolute atomic E-state index is 0.0537. The zero-order chi connectivity index (χ0) is 9.19. The Bertz CT molecular complexity index is 211. The predicted octanol–water partition coefficient (Wildman–Crippen LogP) is -0.931. The maximum atomic E-state index is 11.1. The van der Waals surface area contributed by atoms with E-state index >= 15 is 0 Å². The van der Waals surface area contributed by atoms with E-state index in [0.29, 0.717) is 12.8 Å². The van der Waals surface area contributed by atoms with Crippen molar-refractivity contribution in [2.45, 2.75) is 24.8 Å². The van der Waals surface area contributed by atoms with Gasteiger partial charge in [0.1, 0.15) is 0 Å². The number of hydrogen-bond donors (Lipinski definition) is 3. The van der Waals surface area contributed by atoms with Crippen LogP contribution in [0, 0.1) is 0 Å². The normalized spacial score (nSPS) is 18.4. The monoisotopic (exact) mass is 172 g/mol. The van der Waals surface area contributed by atoms with Crippen molar-refractivity contribution in [3.05, 3.63) is 0 Å². The van der Waals surface area contributed by atoms with Crippen LogP contribution in [0.5, 0.6) is 0 Å². The number of rotatable bonds is 4.